The van der Waals surface area contributed by atoms with E-state index in [0.29, 0.717) is 19.4 Å². The van der Waals surface area contributed by atoms with E-state index in [1.807, 2.05) is 44.2 Å². The number of aliphatic hydroxyl groups is 3. The molecule has 0 bridgehead atoms. The van der Waals surface area contributed by atoms with Crippen LogP contribution in [0.2, 0.25) is 0 Å². The summed E-state index contributed by atoms with van der Waals surface area (Å²) in [7, 11) is -3.36. The summed E-state index contributed by atoms with van der Waals surface area (Å²) >= 11 is 0. The lowest BCUT2D eigenvalue weighted by atomic mass is 10.0. The summed E-state index contributed by atoms with van der Waals surface area (Å²) in [6.07, 6.45) is -1.77. The van der Waals surface area contributed by atoms with Crippen molar-refractivity contribution >= 4 is 15.7 Å². The Balaban J connectivity index is 2.66. The minimum atomic E-state index is -3.36. The molecule has 0 fully saturated rings. The maximum absolute atomic E-state index is 12.5. The molecule has 1 aromatic rings. The molecule has 7 N–H and O–H groups in total. The number of carbonyl (C=O) groups is 1. The van der Waals surface area contributed by atoms with Crippen LogP contribution in [0.15, 0.2) is 30.3 Å². The highest BCUT2D eigenvalue weighted by Gasteiger charge is 2.31. The zero-order valence-corrected chi connectivity index (χ0v) is 20.7. The lowest BCUT2D eigenvalue weighted by molar-refractivity contribution is -0.132. The third-order valence-electron chi connectivity index (χ3n) is 5.18. The van der Waals surface area contributed by atoms with Gasteiger partial charge in [-0.15, -0.1) is 0 Å². The zero-order chi connectivity index (χ0) is 25.0. The molecule has 0 aliphatic rings. The number of rotatable bonds is 16. The Hall–Kier alpha value is -1.60. The van der Waals surface area contributed by atoms with E-state index in [4.69, 9.17) is 0 Å². The van der Waals surface area contributed by atoms with Gasteiger partial charge in [-0.05, 0) is 25.5 Å². The van der Waals surface area contributed by atoms with Gasteiger partial charge >= 0.3 is 0 Å². The number of benzene rings is 1. The summed E-state index contributed by atoms with van der Waals surface area (Å²) in [6.45, 7) is 5.85. The van der Waals surface area contributed by atoms with Crippen LogP contribution in [0, 0.1) is 0 Å². The topological polar surface area (TPSA) is 160 Å². The Morgan fingerprint density at radius 1 is 1.03 bits per heavy atom. The molecule has 0 heterocycles. The summed E-state index contributed by atoms with van der Waals surface area (Å²) < 4.78 is 23.3. The van der Waals surface area contributed by atoms with Crippen LogP contribution >= 0.6 is 0 Å². The predicted octanol–water partition coefficient (Wildman–Crippen LogP) is -0.768. The minimum absolute atomic E-state index is 0.122. The van der Waals surface area contributed by atoms with E-state index in [-0.39, 0.29) is 18.3 Å². The molecule has 0 radical (unpaired) electrons. The van der Waals surface area contributed by atoms with Gasteiger partial charge in [0.2, 0.25) is 0 Å². The van der Waals surface area contributed by atoms with E-state index < -0.39 is 46.4 Å². The monoisotopic (exact) mass is 488 g/mol. The van der Waals surface area contributed by atoms with Gasteiger partial charge in [0.15, 0.2) is 0 Å². The van der Waals surface area contributed by atoms with Gasteiger partial charge in [-0.1, -0.05) is 50.6 Å². The van der Waals surface area contributed by atoms with Crippen molar-refractivity contribution < 1.29 is 28.5 Å². The van der Waals surface area contributed by atoms with Gasteiger partial charge in [0.25, 0.3) is 5.91 Å². The molecule has 0 spiro atoms. The molecular weight excluding hydrogens is 448 g/mol. The highest BCUT2D eigenvalue weighted by Crippen LogP contribution is 2.11. The molecule has 6 atom stereocenters. The molecular formula is C22H40N4O6S. The Morgan fingerprint density at radius 2 is 1.67 bits per heavy atom. The van der Waals surface area contributed by atoms with E-state index >= 15 is 0 Å². The number of nitrogens with one attached hydrogen (secondary N) is 4. The largest absolute Gasteiger partial charge is 0.382 e. The van der Waals surface area contributed by atoms with Crippen LogP contribution in [0.4, 0.5) is 0 Å². The molecule has 0 aliphatic heterocycles. The van der Waals surface area contributed by atoms with Crippen LogP contribution < -0.4 is 21.3 Å². The van der Waals surface area contributed by atoms with Gasteiger partial charge in [-0.2, -0.15) is 0 Å². The van der Waals surface area contributed by atoms with Crippen LogP contribution in [0.5, 0.6) is 0 Å². The fourth-order valence-corrected chi connectivity index (χ4v) is 4.45. The van der Waals surface area contributed by atoms with E-state index in [9.17, 15) is 28.5 Å². The van der Waals surface area contributed by atoms with Crippen LogP contribution in [-0.2, 0) is 14.6 Å². The predicted molar refractivity (Wildman–Crippen MR) is 128 cm³/mol. The first kappa shape index (κ1) is 29.4. The lowest BCUT2D eigenvalue weighted by Crippen LogP contribution is -2.59. The normalized spacial score (nSPS) is 17.5. The van der Waals surface area contributed by atoms with Crippen molar-refractivity contribution in [2.24, 2.45) is 0 Å². The van der Waals surface area contributed by atoms with Crippen LogP contribution in [0.25, 0.3) is 0 Å². The fraction of sp³-hybridized carbons (Fsp3) is 0.682. The SMILES string of the molecule is CCCC(NC(O)C(CS(C)(=O)=O)NCC)C(O)C(=O)NCC(O)NC(C)c1ccccc1. The summed E-state index contributed by atoms with van der Waals surface area (Å²) in [5.41, 5.74) is 0.980. The average Bonchev–Trinajstić information content (AvgIpc) is 2.76. The Kier molecular flexibility index (Phi) is 13.0. The molecule has 0 saturated carbocycles. The molecule has 6 unspecified atom stereocenters. The van der Waals surface area contributed by atoms with Crippen molar-refractivity contribution in [2.75, 3.05) is 25.1 Å². The summed E-state index contributed by atoms with van der Waals surface area (Å²) in [5.74, 6) is -1.00. The smallest absolute Gasteiger partial charge is 0.250 e. The number of hydrogen-bond donors (Lipinski definition) is 7. The number of hydrogen-bond acceptors (Lipinski definition) is 9. The number of amides is 1. The molecule has 190 valence electrons. The number of carbonyl (C=O) groups excluding carboxylic acids is 1. The third-order valence-corrected chi connectivity index (χ3v) is 6.14. The molecule has 1 rings (SSSR count). The fourth-order valence-electron chi connectivity index (χ4n) is 3.50. The first-order valence-electron chi connectivity index (χ1n) is 11.3. The van der Waals surface area contributed by atoms with E-state index in [2.05, 4.69) is 21.3 Å². The van der Waals surface area contributed by atoms with Gasteiger partial charge in [0, 0.05) is 18.3 Å². The molecule has 0 aromatic heterocycles. The summed E-state index contributed by atoms with van der Waals surface area (Å²) in [4.78, 5) is 12.5. The van der Waals surface area contributed by atoms with Gasteiger partial charge < -0.3 is 26.0 Å². The molecule has 1 aromatic carbocycles. The zero-order valence-electron chi connectivity index (χ0n) is 19.9. The molecule has 11 heteroatoms. The van der Waals surface area contributed by atoms with E-state index in [1.54, 1.807) is 6.92 Å². The number of aliphatic hydroxyl groups excluding tert-OH is 3. The standard InChI is InChI=1S/C22H40N4O6S/c1-5-10-17(26-21(29)18(23-6-2)14-33(4,31)32)20(28)22(30)24-13-19(27)25-15(3)16-11-8-7-9-12-16/h7-9,11-12,15,17-21,23,25-29H,5-6,10,13-14H2,1-4H3,(H,24,30). The molecule has 1 amide bonds. The summed E-state index contributed by atoms with van der Waals surface area (Å²) in [5, 5.41) is 42.5. The van der Waals surface area contributed by atoms with Crippen molar-refractivity contribution in [3.63, 3.8) is 0 Å². The van der Waals surface area contributed by atoms with Crippen LogP contribution in [0.1, 0.15) is 45.2 Å². The van der Waals surface area contributed by atoms with Crippen molar-refractivity contribution in [2.45, 2.75) is 70.3 Å². The number of likely N-dealkylation sites (N-methyl/N-ethyl adjacent to an activating group) is 1. The average molecular weight is 489 g/mol. The maximum atomic E-state index is 12.5. The second kappa shape index (κ2) is 14.6. The molecule has 0 saturated heterocycles. The second-order valence-electron chi connectivity index (χ2n) is 8.27. The Bertz CT molecular complexity index is 795. The summed E-state index contributed by atoms with van der Waals surface area (Å²) in [6, 6.07) is 7.77. The molecule has 0 aliphatic carbocycles. The van der Waals surface area contributed by atoms with Gasteiger partial charge in [0.1, 0.15) is 28.4 Å². The second-order valence-corrected chi connectivity index (χ2v) is 10.5. The molecule has 10 nitrogen and oxygen atoms in total. The van der Waals surface area contributed by atoms with Gasteiger partial charge in [0.05, 0.1) is 18.3 Å². The first-order chi connectivity index (χ1) is 15.5. The minimum Gasteiger partial charge on any atom is -0.382 e. The van der Waals surface area contributed by atoms with Crippen molar-refractivity contribution in [1.29, 1.82) is 0 Å². The highest BCUT2D eigenvalue weighted by atomic mass is 32.2. The lowest BCUT2D eigenvalue weighted by Gasteiger charge is -2.30. The van der Waals surface area contributed by atoms with Crippen molar-refractivity contribution in [3.8, 4) is 0 Å². The quantitative estimate of drug-likeness (QED) is 0.148. The molecule has 33 heavy (non-hydrogen) atoms. The number of sulfone groups is 1. The van der Waals surface area contributed by atoms with Crippen LogP contribution in [-0.4, -0.2) is 85.4 Å². The highest BCUT2D eigenvalue weighted by molar-refractivity contribution is 7.90. The van der Waals surface area contributed by atoms with E-state index in [1.165, 1.54) is 0 Å². The third kappa shape index (κ3) is 11.4. The van der Waals surface area contributed by atoms with Crippen LogP contribution in [0.3, 0.4) is 0 Å². The van der Waals surface area contributed by atoms with Crippen molar-refractivity contribution in [3.05, 3.63) is 35.9 Å². The Morgan fingerprint density at radius 3 is 2.21 bits per heavy atom. The van der Waals surface area contributed by atoms with Gasteiger partial charge in [-0.3, -0.25) is 15.4 Å². The van der Waals surface area contributed by atoms with Gasteiger partial charge in [-0.25, -0.2) is 8.42 Å². The maximum Gasteiger partial charge on any atom is 0.250 e. The Labute approximate surface area is 197 Å². The van der Waals surface area contributed by atoms with E-state index in [0.717, 1.165) is 11.8 Å². The van der Waals surface area contributed by atoms with Crippen molar-refractivity contribution in [1.82, 2.24) is 21.3 Å². The first-order valence-corrected chi connectivity index (χ1v) is 13.3.